The van der Waals surface area contributed by atoms with E-state index in [1.54, 1.807) is 16.7 Å². The van der Waals surface area contributed by atoms with Crippen molar-refractivity contribution in [1.29, 1.82) is 0 Å². The standard InChI is InChI=1S/C20H27FN4O2S/c1-4-28(3)24-10-9-17-23-18(19(26)20(27)25(17)12-11-24)14(2)22-13-15-5-7-16(21)8-6-15/h4-8,14,22,26H,9-13H2,1-3H3. The van der Waals surface area contributed by atoms with E-state index in [0.717, 1.165) is 18.7 Å². The second-order valence-electron chi connectivity index (χ2n) is 6.89. The Kier molecular flexibility index (Phi) is 6.64. The van der Waals surface area contributed by atoms with Gasteiger partial charge in [-0.25, -0.2) is 9.37 Å². The third kappa shape index (κ3) is 4.51. The van der Waals surface area contributed by atoms with Crippen LogP contribution in [0.1, 0.15) is 37.0 Å². The monoisotopic (exact) mass is 406 g/mol. The van der Waals surface area contributed by atoms with Crippen LogP contribution in [0.2, 0.25) is 0 Å². The third-order valence-electron chi connectivity index (χ3n) is 5.09. The van der Waals surface area contributed by atoms with Crippen molar-refractivity contribution in [3.63, 3.8) is 0 Å². The number of halogens is 1. The molecule has 28 heavy (non-hydrogen) atoms. The smallest absolute Gasteiger partial charge is 0.296 e. The van der Waals surface area contributed by atoms with E-state index < -0.39 is 0 Å². The Balaban J connectivity index is 1.79. The Bertz CT molecular complexity index is 927. The highest BCUT2D eigenvalue weighted by Crippen LogP contribution is 2.22. The number of hydrogen-bond donors (Lipinski definition) is 2. The predicted molar refractivity (Wildman–Crippen MR) is 112 cm³/mol. The van der Waals surface area contributed by atoms with Crippen LogP contribution in [-0.4, -0.2) is 43.7 Å². The molecule has 1 aliphatic heterocycles. The van der Waals surface area contributed by atoms with E-state index >= 15 is 0 Å². The van der Waals surface area contributed by atoms with Crippen LogP contribution in [0.5, 0.6) is 5.75 Å². The molecule has 1 aromatic carbocycles. The van der Waals surface area contributed by atoms with Crippen LogP contribution in [0, 0.1) is 5.82 Å². The normalized spacial score (nSPS) is 17.1. The molecule has 0 radical (unpaired) electrons. The molecule has 0 amide bonds. The van der Waals surface area contributed by atoms with Crippen LogP contribution in [0.4, 0.5) is 4.39 Å². The van der Waals surface area contributed by atoms with Crippen LogP contribution in [0.25, 0.3) is 0 Å². The minimum absolute atomic E-state index is 0.0487. The molecule has 0 saturated heterocycles. The van der Waals surface area contributed by atoms with E-state index in [-0.39, 0.29) is 33.8 Å². The maximum Gasteiger partial charge on any atom is 0.296 e. The summed E-state index contributed by atoms with van der Waals surface area (Å²) in [7, 11) is 0.0487. The highest BCUT2D eigenvalue weighted by atomic mass is 32.2. The van der Waals surface area contributed by atoms with Crippen molar-refractivity contribution in [2.45, 2.75) is 39.4 Å². The van der Waals surface area contributed by atoms with Crippen molar-refractivity contribution < 1.29 is 9.50 Å². The second-order valence-corrected chi connectivity index (χ2v) is 8.92. The quantitative estimate of drug-likeness (QED) is 0.747. The first-order valence-corrected chi connectivity index (χ1v) is 11.1. The molecule has 2 N–H and O–H groups in total. The first kappa shape index (κ1) is 20.7. The molecule has 0 fully saturated rings. The zero-order valence-corrected chi connectivity index (χ0v) is 17.3. The van der Waals surface area contributed by atoms with Crippen molar-refractivity contribution in [3.8, 4) is 5.75 Å². The number of hydrogen-bond acceptors (Lipinski definition) is 5. The van der Waals surface area contributed by atoms with Gasteiger partial charge in [-0.05, 0) is 37.8 Å². The lowest BCUT2D eigenvalue weighted by Gasteiger charge is -2.20. The zero-order chi connectivity index (χ0) is 20.3. The van der Waals surface area contributed by atoms with Gasteiger partial charge in [-0.2, -0.15) is 0 Å². The summed E-state index contributed by atoms with van der Waals surface area (Å²) in [5, 5.41) is 15.9. The van der Waals surface area contributed by atoms with E-state index in [4.69, 9.17) is 0 Å². The van der Waals surface area contributed by atoms with Crippen LogP contribution in [0.15, 0.2) is 29.1 Å². The highest BCUT2D eigenvalue weighted by molar-refractivity contribution is 8.12. The predicted octanol–water partition coefficient (Wildman–Crippen LogP) is 2.43. The number of fused-ring (bicyclic) bond motifs is 1. The van der Waals surface area contributed by atoms with Gasteiger partial charge < -0.3 is 10.4 Å². The fourth-order valence-electron chi connectivity index (χ4n) is 3.29. The molecular formula is C20H27FN4O2S. The zero-order valence-electron chi connectivity index (χ0n) is 16.5. The first-order chi connectivity index (χ1) is 13.4. The van der Waals surface area contributed by atoms with Crippen molar-refractivity contribution in [3.05, 3.63) is 57.5 Å². The second kappa shape index (κ2) is 8.98. The number of nitrogens with zero attached hydrogens (tertiary/aromatic N) is 3. The first-order valence-electron chi connectivity index (χ1n) is 9.40. The Morgan fingerprint density at radius 3 is 2.71 bits per heavy atom. The molecule has 1 aromatic heterocycles. The van der Waals surface area contributed by atoms with E-state index in [0.29, 0.717) is 31.0 Å². The van der Waals surface area contributed by atoms with Crippen molar-refractivity contribution in [2.24, 2.45) is 0 Å². The fourth-order valence-corrected chi connectivity index (χ4v) is 4.33. The Morgan fingerprint density at radius 1 is 1.32 bits per heavy atom. The number of aromatic nitrogens is 2. The molecule has 2 heterocycles. The number of rotatable bonds is 5. The van der Waals surface area contributed by atoms with Crippen molar-refractivity contribution >= 4 is 16.0 Å². The summed E-state index contributed by atoms with van der Waals surface area (Å²) < 4.78 is 17.0. The Hall–Kier alpha value is -2.03. The number of aromatic hydroxyl groups is 1. The SMILES string of the molecule is C/C=S(/C)N1CCc2nc(C(C)NCc3ccc(F)cc3)c(O)c(=O)n2CC1. The van der Waals surface area contributed by atoms with Crippen LogP contribution in [0.3, 0.4) is 0 Å². The van der Waals surface area contributed by atoms with Gasteiger partial charge in [0.1, 0.15) is 17.3 Å². The maximum atomic E-state index is 13.0. The van der Waals surface area contributed by atoms with Gasteiger partial charge in [0, 0.05) is 32.6 Å². The molecular weight excluding hydrogens is 379 g/mol. The summed E-state index contributed by atoms with van der Waals surface area (Å²) >= 11 is 0. The van der Waals surface area contributed by atoms with E-state index in [1.165, 1.54) is 12.1 Å². The topological polar surface area (TPSA) is 70.4 Å². The summed E-state index contributed by atoms with van der Waals surface area (Å²) in [6.45, 7) is 6.51. The molecule has 1 aliphatic rings. The Labute approximate surface area is 167 Å². The molecule has 3 rings (SSSR count). The summed E-state index contributed by atoms with van der Waals surface area (Å²) in [6, 6.07) is 5.92. The summed E-state index contributed by atoms with van der Waals surface area (Å²) in [5.74, 6) is 0.136. The summed E-state index contributed by atoms with van der Waals surface area (Å²) in [5.41, 5.74) is 0.902. The lowest BCUT2D eigenvalue weighted by molar-refractivity contribution is 0.419. The molecule has 2 atom stereocenters. The molecule has 8 heteroatoms. The molecule has 152 valence electrons. The lowest BCUT2D eigenvalue weighted by Crippen LogP contribution is -2.29. The lowest BCUT2D eigenvalue weighted by atomic mass is 10.1. The van der Waals surface area contributed by atoms with Crippen LogP contribution >= 0.6 is 10.7 Å². The van der Waals surface area contributed by atoms with Gasteiger partial charge in [0.15, 0.2) is 0 Å². The van der Waals surface area contributed by atoms with Crippen molar-refractivity contribution in [2.75, 3.05) is 19.3 Å². The van der Waals surface area contributed by atoms with Gasteiger partial charge in [0.25, 0.3) is 5.56 Å². The van der Waals surface area contributed by atoms with Gasteiger partial charge in [-0.1, -0.05) is 17.5 Å². The molecule has 0 bridgehead atoms. The van der Waals surface area contributed by atoms with Gasteiger partial charge in [0.2, 0.25) is 5.75 Å². The molecule has 2 unspecified atom stereocenters. The van der Waals surface area contributed by atoms with Crippen LogP contribution in [-0.2, 0) is 19.5 Å². The third-order valence-corrected chi connectivity index (χ3v) is 6.96. The fraction of sp³-hybridized carbons (Fsp3) is 0.450. The molecule has 0 aliphatic carbocycles. The maximum absolute atomic E-state index is 13.0. The van der Waals surface area contributed by atoms with E-state index in [2.05, 4.69) is 26.2 Å². The number of benzene rings is 1. The van der Waals surface area contributed by atoms with Gasteiger partial charge in [-0.3, -0.25) is 13.7 Å². The average molecular weight is 407 g/mol. The van der Waals surface area contributed by atoms with Crippen LogP contribution < -0.4 is 10.9 Å². The van der Waals surface area contributed by atoms with E-state index in [1.807, 2.05) is 13.8 Å². The summed E-state index contributed by atoms with van der Waals surface area (Å²) in [6.07, 6.45) is 2.83. The largest absolute Gasteiger partial charge is 0.502 e. The molecule has 2 aromatic rings. The highest BCUT2D eigenvalue weighted by Gasteiger charge is 2.23. The van der Waals surface area contributed by atoms with Crippen molar-refractivity contribution in [1.82, 2.24) is 19.2 Å². The van der Waals surface area contributed by atoms with Gasteiger partial charge >= 0.3 is 0 Å². The molecule has 0 saturated carbocycles. The van der Waals surface area contributed by atoms with Gasteiger partial charge in [-0.15, -0.1) is 10.7 Å². The molecule has 6 nitrogen and oxygen atoms in total. The Morgan fingerprint density at radius 2 is 2.04 bits per heavy atom. The molecule has 0 spiro atoms. The summed E-state index contributed by atoms with van der Waals surface area (Å²) in [4.78, 5) is 17.4. The number of nitrogens with one attached hydrogen (secondary N) is 1. The van der Waals surface area contributed by atoms with E-state index in [9.17, 15) is 14.3 Å². The van der Waals surface area contributed by atoms with Gasteiger partial charge in [0.05, 0.1) is 6.04 Å². The minimum atomic E-state index is -0.381. The minimum Gasteiger partial charge on any atom is -0.502 e. The average Bonchev–Trinajstić information content (AvgIpc) is 2.92.